The highest BCUT2D eigenvalue weighted by atomic mass is 19.1. The fraction of sp³-hybridized carbons (Fsp3) is 0.143. The average Bonchev–Trinajstić information content (AvgIpc) is 2.30. The van der Waals surface area contributed by atoms with Crippen LogP contribution in [-0.2, 0) is 0 Å². The molecule has 0 bridgehead atoms. The van der Waals surface area contributed by atoms with Crippen molar-refractivity contribution in [3.8, 4) is 0 Å². The van der Waals surface area contributed by atoms with E-state index in [1.165, 1.54) is 17.7 Å². The van der Waals surface area contributed by atoms with Crippen LogP contribution >= 0.6 is 0 Å². The third-order valence-corrected chi connectivity index (χ3v) is 2.67. The molecule has 0 saturated carbocycles. The number of hydrogen-bond acceptors (Lipinski definition) is 0. The lowest BCUT2D eigenvalue weighted by Gasteiger charge is -2.11. The number of halogens is 1. The van der Waals surface area contributed by atoms with Gasteiger partial charge in [0.2, 0.25) is 0 Å². The summed E-state index contributed by atoms with van der Waals surface area (Å²) in [4.78, 5) is 0. The van der Waals surface area contributed by atoms with Crippen molar-refractivity contribution in [1.82, 2.24) is 0 Å². The summed E-state index contributed by atoms with van der Waals surface area (Å²) in [6, 6.07) is 16.9. The first-order valence-corrected chi connectivity index (χ1v) is 5.08. The minimum absolute atomic E-state index is 0.181. The van der Waals surface area contributed by atoms with Gasteiger partial charge >= 0.3 is 0 Å². The van der Waals surface area contributed by atoms with E-state index >= 15 is 0 Å². The van der Waals surface area contributed by atoms with E-state index < -0.39 is 0 Å². The normalized spacial score (nSPS) is 12.4. The van der Waals surface area contributed by atoms with E-state index in [1.54, 1.807) is 0 Å². The molecule has 0 aliphatic carbocycles. The molecule has 0 aliphatic rings. The molecule has 0 amide bonds. The van der Waals surface area contributed by atoms with Gasteiger partial charge in [-0.3, -0.25) is 0 Å². The SMILES string of the molecule is C[C@H](c1ccccc1)c1ccc(F)cc1. The summed E-state index contributed by atoms with van der Waals surface area (Å²) < 4.78 is 12.8. The smallest absolute Gasteiger partial charge is 0.123 e. The van der Waals surface area contributed by atoms with Crippen molar-refractivity contribution >= 4 is 0 Å². The Kier molecular flexibility index (Phi) is 2.82. The molecule has 0 saturated heterocycles. The Balaban J connectivity index is 2.29. The van der Waals surface area contributed by atoms with Gasteiger partial charge in [-0.15, -0.1) is 0 Å². The lowest BCUT2D eigenvalue weighted by molar-refractivity contribution is 0.626. The van der Waals surface area contributed by atoms with Crippen molar-refractivity contribution in [3.05, 3.63) is 71.5 Å². The van der Waals surface area contributed by atoms with Gasteiger partial charge in [0.15, 0.2) is 0 Å². The highest BCUT2D eigenvalue weighted by Crippen LogP contribution is 2.23. The zero-order valence-electron chi connectivity index (χ0n) is 8.65. The van der Waals surface area contributed by atoms with Gasteiger partial charge in [-0.2, -0.15) is 0 Å². The quantitative estimate of drug-likeness (QED) is 0.688. The van der Waals surface area contributed by atoms with Gasteiger partial charge in [0.1, 0.15) is 5.82 Å². The molecular formula is C14H13F. The molecule has 2 rings (SSSR count). The van der Waals surface area contributed by atoms with E-state index in [4.69, 9.17) is 0 Å². The fourth-order valence-electron chi connectivity index (χ4n) is 1.69. The summed E-state index contributed by atoms with van der Waals surface area (Å²) in [5.74, 6) is 0.130. The van der Waals surface area contributed by atoms with Gasteiger partial charge in [0.05, 0.1) is 0 Å². The Labute approximate surface area is 89.4 Å². The lowest BCUT2D eigenvalue weighted by Crippen LogP contribution is -1.95. The topological polar surface area (TPSA) is 0 Å². The van der Waals surface area contributed by atoms with Gasteiger partial charge < -0.3 is 0 Å². The second kappa shape index (κ2) is 4.26. The molecule has 15 heavy (non-hydrogen) atoms. The molecule has 1 atom stereocenters. The van der Waals surface area contributed by atoms with Crippen LogP contribution in [0.5, 0.6) is 0 Å². The van der Waals surface area contributed by atoms with E-state index in [9.17, 15) is 4.39 Å². The molecule has 0 aliphatic heterocycles. The Morgan fingerprint density at radius 3 is 1.93 bits per heavy atom. The highest BCUT2D eigenvalue weighted by molar-refractivity contribution is 5.31. The Morgan fingerprint density at radius 2 is 1.33 bits per heavy atom. The largest absolute Gasteiger partial charge is 0.207 e. The second-order valence-corrected chi connectivity index (χ2v) is 3.68. The number of hydrogen-bond donors (Lipinski definition) is 0. The molecule has 2 aromatic carbocycles. The maximum absolute atomic E-state index is 12.8. The van der Waals surface area contributed by atoms with Crippen molar-refractivity contribution < 1.29 is 4.39 Å². The van der Waals surface area contributed by atoms with Gasteiger partial charge in [-0.1, -0.05) is 49.4 Å². The Hall–Kier alpha value is -1.63. The van der Waals surface area contributed by atoms with Gasteiger partial charge in [0, 0.05) is 5.92 Å². The van der Waals surface area contributed by atoms with Crippen molar-refractivity contribution in [2.75, 3.05) is 0 Å². The van der Waals surface area contributed by atoms with E-state index in [-0.39, 0.29) is 5.82 Å². The monoisotopic (exact) mass is 200 g/mol. The maximum atomic E-state index is 12.8. The fourth-order valence-corrected chi connectivity index (χ4v) is 1.69. The van der Waals surface area contributed by atoms with E-state index in [2.05, 4.69) is 19.1 Å². The van der Waals surface area contributed by atoms with Crippen molar-refractivity contribution in [3.63, 3.8) is 0 Å². The molecular weight excluding hydrogens is 187 g/mol. The number of benzene rings is 2. The zero-order valence-corrected chi connectivity index (χ0v) is 8.65. The summed E-state index contributed by atoms with van der Waals surface area (Å²) in [5, 5.41) is 0. The molecule has 0 aromatic heterocycles. The molecule has 0 N–H and O–H groups in total. The van der Waals surface area contributed by atoms with Gasteiger partial charge in [-0.05, 0) is 23.3 Å². The molecule has 0 nitrogen and oxygen atoms in total. The maximum Gasteiger partial charge on any atom is 0.123 e. The third kappa shape index (κ3) is 2.24. The Morgan fingerprint density at radius 1 is 0.800 bits per heavy atom. The van der Waals surface area contributed by atoms with Crippen molar-refractivity contribution in [1.29, 1.82) is 0 Å². The minimum Gasteiger partial charge on any atom is -0.207 e. The van der Waals surface area contributed by atoms with Crippen LogP contribution in [0.25, 0.3) is 0 Å². The summed E-state index contributed by atoms with van der Waals surface area (Å²) in [7, 11) is 0. The molecule has 1 heteroatoms. The molecule has 0 fully saturated rings. The first-order chi connectivity index (χ1) is 7.27. The van der Waals surface area contributed by atoms with Crippen LogP contribution in [0, 0.1) is 5.82 Å². The van der Waals surface area contributed by atoms with Crippen LogP contribution in [0.1, 0.15) is 24.0 Å². The molecule has 2 aromatic rings. The minimum atomic E-state index is -0.181. The lowest BCUT2D eigenvalue weighted by atomic mass is 9.93. The number of rotatable bonds is 2. The van der Waals surface area contributed by atoms with Crippen LogP contribution in [-0.4, -0.2) is 0 Å². The summed E-state index contributed by atoms with van der Waals surface area (Å²) in [6.45, 7) is 2.13. The van der Waals surface area contributed by atoms with E-state index in [0.29, 0.717) is 5.92 Å². The average molecular weight is 200 g/mol. The second-order valence-electron chi connectivity index (χ2n) is 3.68. The summed E-state index contributed by atoms with van der Waals surface area (Å²) >= 11 is 0. The van der Waals surface area contributed by atoms with Crippen molar-refractivity contribution in [2.24, 2.45) is 0 Å². The molecule has 76 valence electrons. The van der Waals surface area contributed by atoms with Crippen LogP contribution in [0.2, 0.25) is 0 Å². The van der Waals surface area contributed by atoms with Crippen LogP contribution < -0.4 is 0 Å². The van der Waals surface area contributed by atoms with E-state index in [1.807, 2.05) is 30.3 Å². The van der Waals surface area contributed by atoms with E-state index in [0.717, 1.165) is 5.56 Å². The van der Waals surface area contributed by atoms with Gasteiger partial charge in [0.25, 0.3) is 0 Å². The summed E-state index contributed by atoms with van der Waals surface area (Å²) in [5.41, 5.74) is 2.40. The standard InChI is InChI=1S/C14H13F/c1-11(12-5-3-2-4-6-12)13-7-9-14(15)10-8-13/h2-11H,1H3/t11-/m1/s1. The highest BCUT2D eigenvalue weighted by Gasteiger charge is 2.07. The predicted molar refractivity (Wildman–Crippen MR) is 60.4 cm³/mol. The zero-order chi connectivity index (χ0) is 10.7. The van der Waals surface area contributed by atoms with Gasteiger partial charge in [-0.25, -0.2) is 4.39 Å². The molecule has 0 heterocycles. The van der Waals surface area contributed by atoms with Crippen LogP contribution in [0.4, 0.5) is 4.39 Å². The molecule has 0 unspecified atom stereocenters. The first kappa shape index (κ1) is 9.91. The molecule has 0 spiro atoms. The predicted octanol–water partition coefficient (Wildman–Crippen LogP) is 3.98. The third-order valence-electron chi connectivity index (χ3n) is 2.67. The van der Waals surface area contributed by atoms with Crippen molar-refractivity contribution in [2.45, 2.75) is 12.8 Å². The van der Waals surface area contributed by atoms with Crippen LogP contribution in [0.15, 0.2) is 54.6 Å². The Bertz CT molecular complexity index is 417. The van der Waals surface area contributed by atoms with Crippen LogP contribution in [0.3, 0.4) is 0 Å². The first-order valence-electron chi connectivity index (χ1n) is 5.08. The summed E-state index contributed by atoms with van der Waals surface area (Å²) in [6.07, 6.45) is 0. The molecule has 0 radical (unpaired) electrons.